The van der Waals surface area contributed by atoms with Crippen LogP contribution >= 0.6 is 0 Å². The summed E-state index contributed by atoms with van der Waals surface area (Å²) < 4.78 is 14.6. The Labute approximate surface area is 207 Å². The lowest BCUT2D eigenvalue weighted by atomic mass is 9.69. The smallest absolute Gasteiger partial charge is 0.257 e. The van der Waals surface area contributed by atoms with Gasteiger partial charge in [0.1, 0.15) is 5.82 Å². The van der Waals surface area contributed by atoms with E-state index in [-0.39, 0.29) is 23.4 Å². The summed E-state index contributed by atoms with van der Waals surface area (Å²) in [4.78, 5) is 30.8. The Morgan fingerprint density at radius 3 is 2.51 bits per heavy atom. The average Bonchev–Trinajstić information content (AvgIpc) is 2.89. The summed E-state index contributed by atoms with van der Waals surface area (Å²) in [6, 6.07) is 16.8. The quantitative estimate of drug-likeness (QED) is 0.633. The summed E-state index contributed by atoms with van der Waals surface area (Å²) in [6.45, 7) is 3.51. The first-order chi connectivity index (χ1) is 17.1. The van der Waals surface area contributed by atoms with Crippen molar-refractivity contribution >= 4 is 11.8 Å². The highest BCUT2D eigenvalue weighted by molar-refractivity contribution is 5.94. The van der Waals surface area contributed by atoms with Crippen LogP contribution < -0.4 is 5.32 Å². The van der Waals surface area contributed by atoms with Crippen molar-refractivity contribution < 1.29 is 14.0 Å². The molecule has 2 amide bonds. The zero-order valence-electron chi connectivity index (χ0n) is 20.4. The molecule has 4 atom stereocenters. The lowest BCUT2D eigenvalue weighted by Crippen LogP contribution is -2.65. The summed E-state index contributed by atoms with van der Waals surface area (Å²) >= 11 is 0. The van der Waals surface area contributed by atoms with E-state index in [1.807, 2.05) is 35.2 Å². The molecule has 3 aliphatic rings. The van der Waals surface area contributed by atoms with Gasteiger partial charge in [-0.1, -0.05) is 42.5 Å². The van der Waals surface area contributed by atoms with Gasteiger partial charge >= 0.3 is 0 Å². The monoisotopic (exact) mass is 477 g/mol. The highest BCUT2D eigenvalue weighted by Gasteiger charge is 2.49. The van der Waals surface area contributed by atoms with Crippen LogP contribution in [-0.2, 0) is 11.3 Å². The molecule has 2 aromatic carbocycles. The topological polar surface area (TPSA) is 52.7 Å². The Bertz CT molecular complexity index is 1030. The Morgan fingerprint density at radius 2 is 1.71 bits per heavy atom. The molecule has 0 unspecified atom stereocenters. The van der Waals surface area contributed by atoms with Crippen molar-refractivity contribution in [2.45, 2.75) is 63.6 Å². The van der Waals surface area contributed by atoms with Crippen LogP contribution in [0.5, 0.6) is 0 Å². The molecule has 0 aliphatic carbocycles. The van der Waals surface area contributed by atoms with Crippen molar-refractivity contribution in [3.8, 4) is 0 Å². The van der Waals surface area contributed by atoms with Crippen molar-refractivity contribution in [1.29, 1.82) is 0 Å². The molecule has 3 fully saturated rings. The number of carbonyl (C=O) groups is 2. The maximum atomic E-state index is 14.6. The van der Waals surface area contributed by atoms with Crippen LogP contribution in [0.2, 0.25) is 0 Å². The van der Waals surface area contributed by atoms with E-state index in [0.717, 1.165) is 50.8 Å². The van der Waals surface area contributed by atoms with Crippen molar-refractivity contribution in [3.63, 3.8) is 0 Å². The van der Waals surface area contributed by atoms with Crippen molar-refractivity contribution in [3.05, 3.63) is 71.5 Å². The zero-order chi connectivity index (χ0) is 24.2. The zero-order valence-corrected chi connectivity index (χ0v) is 20.4. The molecule has 0 saturated carbocycles. The first-order valence-electron chi connectivity index (χ1n) is 13.2. The number of piperidine rings is 3. The molecular formula is C29H36FN3O2. The number of carbonyl (C=O) groups excluding carboxylic acids is 2. The maximum Gasteiger partial charge on any atom is 0.257 e. The van der Waals surface area contributed by atoms with Gasteiger partial charge in [-0.15, -0.1) is 0 Å². The molecule has 186 valence electrons. The first kappa shape index (κ1) is 24.0. The van der Waals surface area contributed by atoms with Crippen molar-refractivity contribution in [2.24, 2.45) is 11.8 Å². The highest BCUT2D eigenvalue weighted by atomic mass is 19.1. The molecule has 0 bridgehead atoms. The van der Waals surface area contributed by atoms with E-state index >= 15 is 0 Å². The molecule has 5 rings (SSSR count). The largest absolute Gasteiger partial charge is 0.352 e. The fraction of sp³-hybridized carbons (Fsp3) is 0.517. The number of hydrogen-bond donors (Lipinski definition) is 1. The number of nitrogens with zero attached hydrogens (tertiary/aromatic N) is 2. The molecule has 6 heteroatoms. The summed E-state index contributed by atoms with van der Waals surface area (Å²) in [5, 5.41) is 3.02. The molecule has 3 saturated heterocycles. The molecule has 0 aromatic heterocycles. The molecule has 5 nitrogen and oxygen atoms in total. The third-order valence-electron chi connectivity index (χ3n) is 8.27. The SMILES string of the molecule is O=C(CCC[C@@H]1[C@H]2CCCN3CCC[C@@H](CN1C(=O)c1ccccc1F)[C@@H]23)NCc1ccccc1. The fourth-order valence-electron chi connectivity index (χ4n) is 6.74. The van der Waals surface area contributed by atoms with E-state index in [9.17, 15) is 14.0 Å². The van der Waals surface area contributed by atoms with Crippen LogP contribution in [0.15, 0.2) is 54.6 Å². The van der Waals surface area contributed by atoms with Gasteiger partial charge in [0.15, 0.2) is 0 Å². The van der Waals surface area contributed by atoms with Crippen LogP contribution in [0.4, 0.5) is 4.39 Å². The minimum absolute atomic E-state index is 0.0393. The number of nitrogens with one attached hydrogen (secondary N) is 1. The third kappa shape index (κ3) is 5.27. The van der Waals surface area contributed by atoms with E-state index in [0.29, 0.717) is 37.4 Å². The fourth-order valence-corrected chi connectivity index (χ4v) is 6.74. The van der Waals surface area contributed by atoms with Gasteiger partial charge in [0.2, 0.25) is 5.91 Å². The summed E-state index contributed by atoms with van der Waals surface area (Å²) in [5.74, 6) is 0.244. The molecule has 3 heterocycles. The molecular weight excluding hydrogens is 441 g/mol. The van der Waals surface area contributed by atoms with Gasteiger partial charge in [-0.05, 0) is 81.1 Å². The van der Waals surface area contributed by atoms with Crippen LogP contribution in [-0.4, -0.2) is 53.3 Å². The second-order valence-corrected chi connectivity index (χ2v) is 10.4. The number of likely N-dealkylation sites (tertiary alicyclic amines) is 1. The Hall–Kier alpha value is -2.73. The molecule has 0 spiro atoms. The van der Waals surface area contributed by atoms with Gasteiger partial charge in [0.25, 0.3) is 5.91 Å². The van der Waals surface area contributed by atoms with E-state index in [1.165, 1.54) is 12.5 Å². The molecule has 3 aliphatic heterocycles. The number of hydrogen-bond acceptors (Lipinski definition) is 3. The van der Waals surface area contributed by atoms with E-state index in [4.69, 9.17) is 0 Å². The van der Waals surface area contributed by atoms with E-state index in [1.54, 1.807) is 18.2 Å². The molecule has 2 aromatic rings. The molecule has 0 radical (unpaired) electrons. The van der Waals surface area contributed by atoms with E-state index < -0.39 is 5.82 Å². The van der Waals surface area contributed by atoms with Gasteiger partial charge in [-0.2, -0.15) is 0 Å². The van der Waals surface area contributed by atoms with Crippen LogP contribution in [0.1, 0.15) is 60.9 Å². The standard InChI is InChI=1S/C29H36FN3O2/c30-25-14-5-4-12-23(25)29(35)33-20-22-11-7-17-32-18-8-13-24(28(22)32)26(33)15-6-16-27(34)31-19-21-9-2-1-3-10-21/h1-5,9-10,12,14,22,24,26,28H,6-8,11,13,15-20H2,(H,31,34)/t22-,24+,26+,28-/m0/s1. The van der Waals surface area contributed by atoms with Gasteiger partial charge in [-0.25, -0.2) is 4.39 Å². The number of halogens is 1. The predicted octanol–water partition coefficient (Wildman–Crippen LogP) is 4.63. The second-order valence-electron chi connectivity index (χ2n) is 10.4. The molecule has 1 N–H and O–H groups in total. The Kier molecular flexibility index (Phi) is 7.47. The Balaban J connectivity index is 1.28. The van der Waals surface area contributed by atoms with Gasteiger partial charge in [0.05, 0.1) is 5.56 Å². The van der Waals surface area contributed by atoms with Gasteiger partial charge in [-0.3, -0.25) is 14.5 Å². The van der Waals surface area contributed by atoms with Crippen molar-refractivity contribution in [1.82, 2.24) is 15.1 Å². The third-order valence-corrected chi connectivity index (χ3v) is 8.27. The Morgan fingerprint density at radius 1 is 0.971 bits per heavy atom. The van der Waals surface area contributed by atoms with E-state index in [2.05, 4.69) is 10.2 Å². The normalized spacial score (nSPS) is 26.1. The van der Waals surface area contributed by atoms with Crippen LogP contribution in [0.3, 0.4) is 0 Å². The van der Waals surface area contributed by atoms with Gasteiger partial charge in [0, 0.05) is 31.6 Å². The summed E-state index contributed by atoms with van der Waals surface area (Å²) in [5.41, 5.74) is 1.25. The second kappa shape index (κ2) is 10.9. The lowest BCUT2D eigenvalue weighted by Gasteiger charge is -2.57. The number of amides is 2. The summed E-state index contributed by atoms with van der Waals surface area (Å²) in [6.07, 6.45) is 6.49. The number of rotatable bonds is 7. The number of benzene rings is 2. The first-order valence-corrected chi connectivity index (χ1v) is 13.2. The predicted molar refractivity (Wildman–Crippen MR) is 134 cm³/mol. The minimum Gasteiger partial charge on any atom is -0.352 e. The lowest BCUT2D eigenvalue weighted by molar-refractivity contribution is -0.121. The minimum atomic E-state index is -0.451. The van der Waals surface area contributed by atoms with Crippen LogP contribution in [0.25, 0.3) is 0 Å². The molecule has 35 heavy (non-hydrogen) atoms. The van der Waals surface area contributed by atoms with Crippen molar-refractivity contribution in [2.75, 3.05) is 19.6 Å². The van der Waals surface area contributed by atoms with Crippen LogP contribution in [0, 0.1) is 17.7 Å². The summed E-state index contributed by atoms with van der Waals surface area (Å²) in [7, 11) is 0. The maximum absolute atomic E-state index is 14.6. The average molecular weight is 478 g/mol. The highest BCUT2D eigenvalue weighted by Crippen LogP contribution is 2.43. The van der Waals surface area contributed by atoms with Gasteiger partial charge < -0.3 is 10.2 Å².